The van der Waals surface area contributed by atoms with Gasteiger partial charge in [0.15, 0.2) is 11.5 Å². The molecule has 0 aliphatic heterocycles. The first-order valence-corrected chi connectivity index (χ1v) is 7.50. The third-order valence-electron chi connectivity index (χ3n) is 4.30. The van der Waals surface area contributed by atoms with Crippen molar-refractivity contribution in [1.29, 1.82) is 0 Å². The molecule has 0 unspecified atom stereocenters. The van der Waals surface area contributed by atoms with E-state index in [2.05, 4.69) is 5.10 Å². The quantitative estimate of drug-likeness (QED) is 0.475. The SMILES string of the molecule is O=C1c2ccccc2-c2nn(C(=O)c3ccco3)c3cccc1c23. The normalized spacial score (nSPS) is 12.4. The van der Waals surface area contributed by atoms with Crippen molar-refractivity contribution in [1.82, 2.24) is 9.78 Å². The van der Waals surface area contributed by atoms with Crippen LogP contribution in [-0.2, 0) is 0 Å². The molecule has 4 aromatic rings. The van der Waals surface area contributed by atoms with Gasteiger partial charge in [-0.25, -0.2) is 0 Å². The molecule has 0 fully saturated rings. The number of ketones is 1. The molecule has 5 rings (SSSR count). The average Bonchev–Trinajstić information content (AvgIpc) is 3.28. The van der Waals surface area contributed by atoms with Crippen LogP contribution in [0.4, 0.5) is 0 Å². The van der Waals surface area contributed by atoms with Crippen molar-refractivity contribution in [3.63, 3.8) is 0 Å². The zero-order chi connectivity index (χ0) is 16.3. The van der Waals surface area contributed by atoms with E-state index < -0.39 is 0 Å². The fraction of sp³-hybridized carbons (Fsp3) is 0. The van der Waals surface area contributed by atoms with E-state index >= 15 is 0 Å². The largest absolute Gasteiger partial charge is 0.459 e. The van der Waals surface area contributed by atoms with Crippen LogP contribution in [0.25, 0.3) is 22.2 Å². The number of rotatable bonds is 1. The molecule has 5 nitrogen and oxygen atoms in total. The van der Waals surface area contributed by atoms with Crippen molar-refractivity contribution in [3.05, 3.63) is 77.7 Å². The predicted octanol–water partition coefficient (Wildman–Crippen LogP) is 3.53. The fourth-order valence-corrected chi connectivity index (χ4v) is 3.24. The summed E-state index contributed by atoms with van der Waals surface area (Å²) in [6.07, 6.45) is 1.45. The lowest BCUT2D eigenvalue weighted by Gasteiger charge is -2.13. The van der Waals surface area contributed by atoms with Crippen LogP contribution in [0.2, 0.25) is 0 Å². The average molecular weight is 314 g/mol. The van der Waals surface area contributed by atoms with E-state index in [1.54, 1.807) is 36.4 Å². The Morgan fingerprint density at radius 2 is 1.71 bits per heavy atom. The van der Waals surface area contributed by atoms with Crippen molar-refractivity contribution in [2.45, 2.75) is 0 Å². The van der Waals surface area contributed by atoms with Gasteiger partial charge in [-0.05, 0) is 18.2 Å². The van der Waals surface area contributed by atoms with Crippen LogP contribution in [0.15, 0.2) is 65.3 Å². The molecular weight excluding hydrogens is 304 g/mol. The van der Waals surface area contributed by atoms with E-state index in [4.69, 9.17) is 4.42 Å². The molecule has 0 amide bonds. The number of hydrogen-bond donors (Lipinski definition) is 0. The molecule has 0 saturated heterocycles. The first-order chi connectivity index (χ1) is 11.8. The lowest BCUT2D eigenvalue weighted by Crippen LogP contribution is -2.12. The minimum absolute atomic E-state index is 0.0475. The van der Waals surface area contributed by atoms with Crippen molar-refractivity contribution >= 4 is 22.6 Å². The van der Waals surface area contributed by atoms with E-state index in [9.17, 15) is 9.59 Å². The molecule has 1 aliphatic carbocycles. The van der Waals surface area contributed by atoms with Crippen molar-refractivity contribution in [2.75, 3.05) is 0 Å². The van der Waals surface area contributed by atoms with Gasteiger partial charge in [-0.1, -0.05) is 36.4 Å². The van der Waals surface area contributed by atoms with E-state index in [0.717, 1.165) is 5.56 Å². The second-order valence-electron chi connectivity index (χ2n) is 5.62. The zero-order valence-electron chi connectivity index (χ0n) is 12.4. The summed E-state index contributed by atoms with van der Waals surface area (Å²) in [4.78, 5) is 25.5. The van der Waals surface area contributed by atoms with Gasteiger partial charge in [0.25, 0.3) is 0 Å². The van der Waals surface area contributed by atoms with Gasteiger partial charge in [-0.2, -0.15) is 9.78 Å². The van der Waals surface area contributed by atoms with Crippen LogP contribution in [0, 0.1) is 0 Å². The summed E-state index contributed by atoms with van der Waals surface area (Å²) < 4.78 is 6.51. The van der Waals surface area contributed by atoms with Gasteiger partial charge >= 0.3 is 5.91 Å². The summed E-state index contributed by atoms with van der Waals surface area (Å²) in [5.41, 5.74) is 3.17. The van der Waals surface area contributed by atoms with E-state index in [0.29, 0.717) is 27.7 Å². The lowest BCUT2D eigenvalue weighted by atomic mass is 9.87. The maximum absolute atomic E-state index is 12.8. The molecule has 114 valence electrons. The number of carbonyl (C=O) groups excluding carboxylic acids is 2. The lowest BCUT2D eigenvalue weighted by molar-refractivity contribution is 0.0922. The summed E-state index contributed by atoms with van der Waals surface area (Å²) in [6, 6.07) is 15.9. The molecule has 0 radical (unpaired) electrons. The zero-order valence-corrected chi connectivity index (χ0v) is 12.4. The molecule has 2 aromatic carbocycles. The highest BCUT2D eigenvalue weighted by Crippen LogP contribution is 2.38. The van der Waals surface area contributed by atoms with Crippen LogP contribution in [0.5, 0.6) is 0 Å². The highest BCUT2D eigenvalue weighted by Gasteiger charge is 2.30. The van der Waals surface area contributed by atoms with Crippen LogP contribution < -0.4 is 0 Å². The maximum atomic E-state index is 12.8. The Morgan fingerprint density at radius 3 is 2.50 bits per heavy atom. The molecule has 2 heterocycles. The summed E-state index contributed by atoms with van der Waals surface area (Å²) in [7, 11) is 0. The van der Waals surface area contributed by atoms with Gasteiger partial charge in [0, 0.05) is 22.1 Å². The third kappa shape index (κ3) is 1.55. The molecule has 0 spiro atoms. The molecule has 1 aliphatic rings. The summed E-state index contributed by atoms with van der Waals surface area (Å²) in [5, 5.41) is 5.22. The van der Waals surface area contributed by atoms with Gasteiger partial charge in [0.05, 0.1) is 11.8 Å². The molecular formula is C19H10N2O3. The Kier molecular flexibility index (Phi) is 2.45. The number of benzene rings is 2. The van der Waals surface area contributed by atoms with Crippen molar-refractivity contribution in [3.8, 4) is 11.3 Å². The van der Waals surface area contributed by atoms with E-state index in [-0.39, 0.29) is 17.5 Å². The van der Waals surface area contributed by atoms with Crippen molar-refractivity contribution < 1.29 is 14.0 Å². The number of aromatic nitrogens is 2. The Hall–Kier alpha value is -3.47. The molecule has 0 N–H and O–H groups in total. The Labute approximate surface area is 136 Å². The van der Waals surface area contributed by atoms with Gasteiger partial charge in [0.1, 0.15) is 5.69 Å². The predicted molar refractivity (Wildman–Crippen MR) is 87.0 cm³/mol. The van der Waals surface area contributed by atoms with Gasteiger partial charge in [0.2, 0.25) is 0 Å². The minimum Gasteiger partial charge on any atom is -0.459 e. The highest BCUT2D eigenvalue weighted by molar-refractivity contribution is 6.25. The monoisotopic (exact) mass is 314 g/mol. The number of fused-ring (bicyclic) bond motifs is 2. The second-order valence-corrected chi connectivity index (χ2v) is 5.62. The van der Waals surface area contributed by atoms with E-state index in [1.165, 1.54) is 10.9 Å². The van der Waals surface area contributed by atoms with Crippen LogP contribution in [0.1, 0.15) is 26.5 Å². The Morgan fingerprint density at radius 1 is 0.917 bits per heavy atom. The third-order valence-corrected chi connectivity index (χ3v) is 4.30. The fourth-order valence-electron chi connectivity index (χ4n) is 3.24. The van der Waals surface area contributed by atoms with Gasteiger partial charge in [-0.15, -0.1) is 0 Å². The molecule has 5 heteroatoms. The molecule has 0 atom stereocenters. The standard InChI is InChI=1S/C19H10N2O3/c22-18-12-6-2-1-5-11(12)17-16-13(18)7-3-8-14(16)21(20-17)19(23)15-9-4-10-24-15/h1-10H. The van der Waals surface area contributed by atoms with Crippen LogP contribution >= 0.6 is 0 Å². The molecule has 24 heavy (non-hydrogen) atoms. The first-order valence-electron chi connectivity index (χ1n) is 7.50. The number of hydrogen-bond acceptors (Lipinski definition) is 4. The molecule has 0 saturated carbocycles. The van der Waals surface area contributed by atoms with Gasteiger partial charge < -0.3 is 4.42 Å². The Balaban J connectivity index is 1.87. The topological polar surface area (TPSA) is 65.1 Å². The highest BCUT2D eigenvalue weighted by atomic mass is 16.3. The smallest absolute Gasteiger partial charge is 0.314 e. The van der Waals surface area contributed by atoms with Crippen molar-refractivity contribution in [2.24, 2.45) is 0 Å². The van der Waals surface area contributed by atoms with Crippen LogP contribution in [0.3, 0.4) is 0 Å². The maximum Gasteiger partial charge on any atom is 0.314 e. The summed E-state index contributed by atoms with van der Waals surface area (Å²) >= 11 is 0. The Bertz CT molecular complexity index is 1140. The number of nitrogens with zero attached hydrogens (tertiary/aromatic N) is 2. The summed E-state index contributed by atoms with van der Waals surface area (Å²) in [6.45, 7) is 0. The van der Waals surface area contributed by atoms with E-state index in [1.807, 2.05) is 18.2 Å². The molecule has 0 bridgehead atoms. The minimum atomic E-state index is -0.361. The second kappa shape index (κ2) is 4.52. The number of furan rings is 1. The van der Waals surface area contributed by atoms with Crippen LogP contribution in [-0.4, -0.2) is 21.5 Å². The summed E-state index contributed by atoms with van der Waals surface area (Å²) in [5.74, 6) is -0.205. The molecule has 2 aromatic heterocycles. The first kappa shape index (κ1) is 13.0. The number of carbonyl (C=O) groups is 2. The van der Waals surface area contributed by atoms with Gasteiger partial charge in [-0.3, -0.25) is 9.59 Å².